The molecule has 1 atom stereocenters. The summed E-state index contributed by atoms with van der Waals surface area (Å²) in [5.41, 5.74) is 1.34. The van der Waals surface area contributed by atoms with Gasteiger partial charge in [-0.1, -0.05) is 19.4 Å². The minimum atomic E-state index is -0.104. The number of hydrogen-bond acceptors (Lipinski definition) is 5. The summed E-state index contributed by atoms with van der Waals surface area (Å²) in [5.74, 6) is 0.574. The standard InChI is InChI=1S/C18H19N3O2S/c1-3-7-15(13-8-4-5-10-19-13)21(2)18(22)14-12-24-17(20-14)16-9-6-11-23-16/h4-6,8-12,15H,3,7H2,1-2H3/t15-/m0/s1. The molecule has 0 aliphatic rings. The van der Waals surface area contributed by atoms with Gasteiger partial charge in [0.25, 0.3) is 5.91 Å². The van der Waals surface area contributed by atoms with Gasteiger partial charge in [0, 0.05) is 18.6 Å². The summed E-state index contributed by atoms with van der Waals surface area (Å²) in [7, 11) is 1.81. The third kappa shape index (κ3) is 3.38. The van der Waals surface area contributed by atoms with E-state index < -0.39 is 0 Å². The van der Waals surface area contributed by atoms with Gasteiger partial charge in [0.05, 0.1) is 18.0 Å². The molecule has 0 aliphatic carbocycles. The quantitative estimate of drug-likeness (QED) is 0.666. The lowest BCUT2D eigenvalue weighted by Gasteiger charge is -2.27. The second kappa shape index (κ2) is 7.40. The Morgan fingerprint density at radius 1 is 1.33 bits per heavy atom. The Hall–Kier alpha value is -2.47. The van der Waals surface area contributed by atoms with Crippen LogP contribution >= 0.6 is 11.3 Å². The molecule has 0 saturated heterocycles. The average Bonchev–Trinajstić information content (AvgIpc) is 3.30. The van der Waals surface area contributed by atoms with Crippen LogP contribution in [-0.4, -0.2) is 27.8 Å². The summed E-state index contributed by atoms with van der Waals surface area (Å²) in [5, 5.41) is 2.49. The van der Waals surface area contributed by atoms with Crippen LogP contribution in [0.4, 0.5) is 0 Å². The number of carbonyl (C=O) groups excluding carboxylic acids is 1. The van der Waals surface area contributed by atoms with E-state index in [2.05, 4.69) is 16.9 Å². The second-order valence-corrected chi connectivity index (χ2v) is 6.35. The van der Waals surface area contributed by atoms with Gasteiger partial charge in [0.15, 0.2) is 10.8 Å². The van der Waals surface area contributed by atoms with E-state index in [-0.39, 0.29) is 11.9 Å². The van der Waals surface area contributed by atoms with E-state index in [0.29, 0.717) is 16.5 Å². The van der Waals surface area contributed by atoms with Crippen molar-refractivity contribution in [1.82, 2.24) is 14.9 Å². The van der Waals surface area contributed by atoms with Crippen LogP contribution in [-0.2, 0) is 0 Å². The molecule has 0 fully saturated rings. The smallest absolute Gasteiger partial charge is 0.273 e. The maximum absolute atomic E-state index is 12.8. The molecule has 0 aliphatic heterocycles. The van der Waals surface area contributed by atoms with Crippen LogP contribution in [0.5, 0.6) is 0 Å². The van der Waals surface area contributed by atoms with E-state index in [1.54, 1.807) is 22.7 Å². The van der Waals surface area contributed by atoms with Gasteiger partial charge >= 0.3 is 0 Å². The van der Waals surface area contributed by atoms with Gasteiger partial charge < -0.3 is 9.32 Å². The number of thiazole rings is 1. The highest BCUT2D eigenvalue weighted by Gasteiger charge is 2.25. The van der Waals surface area contributed by atoms with E-state index in [4.69, 9.17) is 4.42 Å². The topological polar surface area (TPSA) is 59.2 Å². The first-order valence-electron chi connectivity index (χ1n) is 7.88. The van der Waals surface area contributed by atoms with Gasteiger partial charge in [0.1, 0.15) is 5.69 Å². The van der Waals surface area contributed by atoms with Crippen molar-refractivity contribution in [1.29, 1.82) is 0 Å². The van der Waals surface area contributed by atoms with Gasteiger partial charge in [-0.25, -0.2) is 4.98 Å². The minimum Gasteiger partial charge on any atom is -0.462 e. The first kappa shape index (κ1) is 16.4. The van der Waals surface area contributed by atoms with Crippen LogP contribution in [0.1, 0.15) is 42.0 Å². The fourth-order valence-corrected chi connectivity index (χ4v) is 3.35. The van der Waals surface area contributed by atoms with Crippen LogP contribution in [0.15, 0.2) is 52.6 Å². The van der Waals surface area contributed by atoms with E-state index in [9.17, 15) is 4.79 Å². The number of rotatable bonds is 6. The summed E-state index contributed by atoms with van der Waals surface area (Å²) >= 11 is 1.41. The number of hydrogen-bond donors (Lipinski definition) is 0. The zero-order chi connectivity index (χ0) is 16.9. The van der Waals surface area contributed by atoms with Crippen LogP contribution in [0.2, 0.25) is 0 Å². The van der Waals surface area contributed by atoms with Gasteiger partial charge in [0.2, 0.25) is 0 Å². The molecule has 0 aromatic carbocycles. The SMILES string of the molecule is CCC[C@@H](c1ccccn1)N(C)C(=O)c1csc(-c2ccco2)n1. The molecule has 3 heterocycles. The van der Waals surface area contributed by atoms with Crippen molar-refractivity contribution in [3.05, 3.63) is 59.6 Å². The second-order valence-electron chi connectivity index (χ2n) is 5.49. The number of amides is 1. The van der Waals surface area contributed by atoms with Crippen LogP contribution < -0.4 is 0 Å². The highest BCUT2D eigenvalue weighted by molar-refractivity contribution is 7.13. The van der Waals surface area contributed by atoms with E-state index >= 15 is 0 Å². The Labute approximate surface area is 145 Å². The molecule has 6 heteroatoms. The molecule has 0 unspecified atom stereocenters. The fourth-order valence-electron chi connectivity index (χ4n) is 2.59. The lowest BCUT2D eigenvalue weighted by atomic mass is 10.1. The molecule has 3 rings (SSSR count). The fraction of sp³-hybridized carbons (Fsp3) is 0.278. The third-order valence-corrected chi connectivity index (χ3v) is 4.69. The zero-order valence-electron chi connectivity index (χ0n) is 13.7. The van der Waals surface area contributed by atoms with Crippen LogP contribution in [0.3, 0.4) is 0 Å². The van der Waals surface area contributed by atoms with Crippen LogP contribution in [0, 0.1) is 0 Å². The largest absolute Gasteiger partial charge is 0.462 e. The summed E-state index contributed by atoms with van der Waals surface area (Å²) in [6.07, 6.45) is 5.18. The number of nitrogens with zero attached hydrogens (tertiary/aromatic N) is 3. The van der Waals surface area contributed by atoms with Crippen molar-refractivity contribution in [2.24, 2.45) is 0 Å². The molecule has 5 nitrogen and oxygen atoms in total. The lowest BCUT2D eigenvalue weighted by molar-refractivity contribution is 0.0713. The van der Waals surface area contributed by atoms with Crippen molar-refractivity contribution in [2.45, 2.75) is 25.8 Å². The molecular formula is C18H19N3O2S. The number of carbonyl (C=O) groups is 1. The Kier molecular flexibility index (Phi) is 5.05. The molecule has 0 radical (unpaired) electrons. The highest BCUT2D eigenvalue weighted by Crippen LogP contribution is 2.27. The molecule has 0 bridgehead atoms. The van der Waals surface area contributed by atoms with E-state index in [0.717, 1.165) is 18.5 Å². The molecule has 0 N–H and O–H groups in total. The summed E-state index contributed by atoms with van der Waals surface area (Å²) in [4.78, 5) is 23.4. The lowest BCUT2D eigenvalue weighted by Crippen LogP contribution is -2.32. The van der Waals surface area contributed by atoms with Crippen molar-refractivity contribution in [3.8, 4) is 10.8 Å². The van der Waals surface area contributed by atoms with E-state index in [1.807, 2.05) is 37.4 Å². The molecule has 24 heavy (non-hydrogen) atoms. The molecule has 0 spiro atoms. The van der Waals surface area contributed by atoms with Crippen LogP contribution in [0.25, 0.3) is 10.8 Å². The number of furan rings is 1. The predicted octanol–water partition coefficient (Wildman–Crippen LogP) is 4.41. The highest BCUT2D eigenvalue weighted by atomic mass is 32.1. The molecule has 3 aromatic heterocycles. The molecule has 3 aromatic rings. The van der Waals surface area contributed by atoms with Crippen molar-refractivity contribution < 1.29 is 9.21 Å². The zero-order valence-corrected chi connectivity index (χ0v) is 14.5. The Bertz CT molecular complexity index is 784. The van der Waals surface area contributed by atoms with E-state index in [1.165, 1.54) is 11.3 Å². The maximum atomic E-state index is 12.8. The molecule has 124 valence electrons. The first-order valence-corrected chi connectivity index (χ1v) is 8.76. The van der Waals surface area contributed by atoms with Gasteiger partial charge in [-0.15, -0.1) is 11.3 Å². The third-order valence-electron chi connectivity index (χ3n) is 3.83. The minimum absolute atomic E-state index is 0.0579. The predicted molar refractivity (Wildman–Crippen MR) is 93.8 cm³/mol. The first-order chi connectivity index (χ1) is 11.7. The Balaban J connectivity index is 1.82. The summed E-state index contributed by atoms with van der Waals surface area (Å²) in [6.45, 7) is 2.10. The maximum Gasteiger partial charge on any atom is 0.273 e. The molecule has 0 saturated carbocycles. The number of pyridine rings is 1. The Morgan fingerprint density at radius 2 is 2.21 bits per heavy atom. The van der Waals surface area contributed by atoms with Crippen molar-refractivity contribution >= 4 is 17.2 Å². The van der Waals surface area contributed by atoms with Gasteiger partial charge in [-0.05, 0) is 30.7 Å². The monoisotopic (exact) mass is 341 g/mol. The van der Waals surface area contributed by atoms with Crippen molar-refractivity contribution in [3.63, 3.8) is 0 Å². The number of aromatic nitrogens is 2. The molecule has 1 amide bonds. The van der Waals surface area contributed by atoms with Crippen molar-refractivity contribution in [2.75, 3.05) is 7.05 Å². The van der Waals surface area contributed by atoms with Gasteiger partial charge in [-0.3, -0.25) is 9.78 Å². The average molecular weight is 341 g/mol. The van der Waals surface area contributed by atoms with Gasteiger partial charge in [-0.2, -0.15) is 0 Å². The summed E-state index contributed by atoms with van der Waals surface area (Å²) in [6, 6.07) is 9.37. The summed E-state index contributed by atoms with van der Waals surface area (Å²) < 4.78 is 5.34. The Morgan fingerprint density at radius 3 is 2.88 bits per heavy atom. The molecular weight excluding hydrogens is 322 g/mol. The normalized spacial score (nSPS) is 12.1.